The minimum absolute atomic E-state index is 0.0892. The molecule has 2 aliphatic carbocycles. The van der Waals surface area contributed by atoms with Crippen molar-refractivity contribution in [1.82, 2.24) is 35.1 Å². The van der Waals surface area contributed by atoms with Gasteiger partial charge >= 0.3 is 0 Å². The number of rotatable bonds is 18. The number of benzene rings is 7. The van der Waals surface area contributed by atoms with Gasteiger partial charge in [-0.15, -0.1) is 5.10 Å². The molecule has 7 aromatic carbocycles. The molecule has 0 amide bonds. The molecule has 8 nitrogen and oxygen atoms in total. The molecule has 2 N–H and O–H groups in total. The van der Waals surface area contributed by atoms with E-state index in [-0.39, 0.29) is 5.92 Å². The quantitative estimate of drug-likeness (QED) is 0.0834. The maximum absolute atomic E-state index is 5.82. The van der Waals surface area contributed by atoms with E-state index in [0.717, 1.165) is 82.6 Å². The number of hydrogen-bond acceptors (Lipinski definition) is 6. The topological polar surface area (TPSA) is 85.5 Å². The van der Waals surface area contributed by atoms with Crippen LogP contribution in [0.4, 0.5) is 5.82 Å². The van der Waals surface area contributed by atoms with Crippen molar-refractivity contribution in [1.29, 1.82) is 0 Å². The zero-order valence-electron chi connectivity index (χ0n) is 42.0. The van der Waals surface area contributed by atoms with Gasteiger partial charge in [-0.2, -0.15) is 5.10 Å². The van der Waals surface area contributed by atoms with Crippen LogP contribution in [0.5, 0.6) is 0 Å². The van der Waals surface area contributed by atoms with Gasteiger partial charge in [0, 0.05) is 24.7 Å². The number of anilines is 1. The summed E-state index contributed by atoms with van der Waals surface area (Å²) in [5.74, 6) is 1.91. The lowest BCUT2D eigenvalue weighted by Crippen LogP contribution is -2.39. The van der Waals surface area contributed by atoms with Crippen LogP contribution in [0.15, 0.2) is 231 Å². The Morgan fingerprint density at radius 2 is 1.04 bits per heavy atom. The molecule has 0 aliphatic heterocycles. The molecule has 3 aromatic heterocycles. The normalized spacial score (nSPS) is 16.6. The average Bonchev–Trinajstić information content (AvgIpc) is 4.13. The summed E-state index contributed by atoms with van der Waals surface area (Å²) in [6.45, 7) is 1.77. The second kappa shape index (κ2) is 21.3. The SMILES string of the molecule is c1ccc(C2CCC(NCCC(c3cnn(CC4CCC4)c3)c3cc(NC(c4ccccc4)(c4ccccc4)c4ccccc4)nc4c3nnn4C(c3ccccc3)(c3ccccc3)c3ccccc3)CC2)cc1. The first-order valence-electron chi connectivity index (χ1n) is 26.9. The maximum Gasteiger partial charge on any atom is 0.182 e. The first-order valence-corrected chi connectivity index (χ1v) is 26.9. The highest BCUT2D eigenvalue weighted by molar-refractivity contribution is 5.80. The van der Waals surface area contributed by atoms with Gasteiger partial charge in [0.15, 0.2) is 5.65 Å². The van der Waals surface area contributed by atoms with Crippen LogP contribution in [0.3, 0.4) is 0 Å². The Bertz CT molecular complexity index is 3160. The van der Waals surface area contributed by atoms with E-state index in [2.05, 4.69) is 251 Å². The molecule has 8 heteroatoms. The van der Waals surface area contributed by atoms with Crippen LogP contribution < -0.4 is 10.6 Å². The van der Waals surface area contributed by atoms with Crippen molar-refractivity contribution in [3.8, 4) is 0 Å². The van der Waals surface area contributed by atoms with E-state index >= 15 is 0 Å². The second-order valence-electron chi connectivity index (χ2n) is 20.6. The molecule has 12 rings (SSSR count). The molecule has 2 aliphatic rings. The zero-order valence-corrected chi connectivity index (χ0v) is 42.0. The summed E-state index contributed by atoms with van der Waals surface area (Å²) in [4.78, 5) is 5.82. The van der Waals surface area contributed by atoms with Crippen LogP contribution in [-0.2, 0) is 17.6 Å². The van der Waals surface area contributed by atoms with E-state index in [1.54, 1.807) is 0 Å². The van der Waals surface area contributed by atoms with E-state index in [4.69, 9.17) is 20.4 Å². The van der Waals surface area contributed by atoms with Gasteiger partial charge in [-0.25, -0.2) is 9.67 Å². The van der Waals surface area contributed by atoms with Gasteiger partial charge < -0.3 is 10.6 Å². The predicted molar refractivity (Wildman–Crippen MR) is 298 cm³/mol. The molecule has 0 saturated heterocycles. The first-order chi connectivity index (χ1) is 36.7. The largest absolute Gasteiger partial charge is 0.353 e. The van der Waals surface area contributed by atoms with Gasteiger partial charge in [0.05, 0.1) is 6.20 Å². The molecule has 74 heavy (non-hydrogen) atoms. The van der Waals surface area contributed by atoms with Crippen LogP contribution in [0, 0.1) is 5.92 Å². The van der Waals surface area contributed by atoms with Crippen molar-refractivity contribution in [3.63, 3.8) is 0 Å². The molecule has 10 aromatic rings. The smallest absolute Gasteiger partial charge is 0.182 e. The van der Waals surface area contributed by atoms with Crippen LogP contribution in [-0.4, -0.2) is 42.3 Å². The molecule has 1 unspecified atom stereocenters. The minimum Gasteiger partial charge on any atom is -0.353 e. The Balaban J connectivity index is 1.06. The van der Waals surface area contributed by atoms with Crippen LogP contribution in [0.1, 0.15) is 113 Å². The van der Waals surface area contributed by atoms with Crippen molar-refractivity contribution in [3.05, 3.63) is 281 Å². The molecular formula is C66H64N8. The van der Waals surface area contributed by atoms with Gasteiger partial charge in [-0.05, 0) is 119 Å². The van der Waals surface area contributed by atoms with Gasteiger partial charge in [-0.1, -0.05) is 224 Å². The van der Waals surface area contributed by atoms with Gasteiger partial charge in [0.2, 0.25) is 0 Å². The second-order valence-corrected chi connectivity index (χ2v) is 20.6. The van der Waals surface area contributed by atoms with Crippen molar-refractivity contribution in [2.75, 3.05) is 11.9 Å². The maximum atomic E-state index is 5.82. The average molecular weight is 969 g/mol. The molecular weight excluding hydrogens is 905 g/mol. The molecule has 1 atom stereocenters. The Morgan fingerprint density at radius 3 is 1.53 bits per heavy atom. The fraction of sp³-hybridized carbons (Fsp3) is 0.242. The van der Waals surface area contributed by atoms with E-state index in [1.165, 1.54) is 43.2 Å². The molecule has 0 spiro atoms. The van der Waals surface area contributed by atoms with E-state index in [9.17, 15) is 0 Å². The predicted octanol–water partition coefficient (Wildman–Crippen LogP) is 13.9. The van der Waals surface area contributed by atoms with E-state index in [1.807, 2.05) is 0 Å². The number of hydrogen-bond donors (Lipinski definition) is 2. The van der Waals surface area contributed by atoms with Crippen molar-refractivity contribution < 1.29 is 0 Å². The van der Waals surface area contributed by atoms with Crippen molar-refractivity contribution >= 4 is 17.0 Å². The summed E-state index contributed by atoms with van der Waals surface area (Å²) in [5, 5.41) is 24.0. The molecule has 3 heterocycles. The summed E-state index contributed by atoms with van der Waals surface area (Å²) in [5.41, 5.74) is 9.81. The Morgan fingerprint density at radius 1 is 0.554 bits per heavy atom. The molecule has 0 bridgehead atoms. The Kier molecular flexibility index (Phi) is 13.5. The molecule has 2 fully saturated rings. The number of nitrogens with one attached hydrogen (secondary N) is 2. The fourth-order valence-corrected chi connectivity index (χ4v) is 12.2. The monoisotopic (exact) mass is 969 g/mol. The Hall–Kier alpha value is -7.94. The van der Waals surface area contributed by atoms with Gasteiger partial charge in [0.25, 0.3) is 0 Å². The van der Waals surface area contributed by atoms with Crippen molar-refractivity contribution in [2.45, 2.75) is 86.9 Å². The number of pyridine rings is 1. The van der Waals surface area contributed by atoms with E-state index in [0.29, 0.717) is 23.5 Å². The standard InChI is InChI=1S/C66H64N8/c1-8-25-50(26-9-1)51-39-41-59(42-40-51)67-44-43-60(52-46-68-73(48-52)47-49-23-22-24-49)61-45-62(70-65(53-27-10-2-11-28-53,54-29-12-3-13-30-54)55-31-14-4-15-32-55)69-64-63(61)71-72-74(64)66(56-33-16-5-17-34-56,57-35-18-6-19-36-57)58-37-20-7-21-38-58/h1-21,25-38,45-46,48-49,51,59-60,67H,22-24,39-44,47H2,(H,69,70). The summed E-state index contributed by atoms with van der Waals surface area (Å²) < 4.78 is 4.29. The third kappa shape index (κ3) is 9.13. The molecule has 2 saturated carbocycles. The number of nitrogens with zero attached hydrogens (tertiary/aromatic N) is 6. The summed E-state index contributed by atoms with van der Waals surface area (Å²) >= 11 is 0. The highest BCUT2D eigenvalue weighted by Gasteiger charge is 2.43. The van der Waals surface area contributed by atoms with Gasteiger partial charge in [-0.3, -0.25) is 4.68 Å². The lowest BCUT2D eigenvalue weighted by Gasteiger charge is -2.38. The Labute approximate surface area is 435 Å². The number of aromatic nitrogens is 6. The van der Waals surface area contributed by atoms with E-state index < -0.39 is 11.1 Å². The lowest BCUT2D eigenvalue weighted by atomic mass is 9.76. The minimum atomic E-state index is -0.958. The third-order valence-electron chi connectivity index (χ3n) is 16.2. The zero-order chi connectivity index (χ0) is 49.6. The molecule has 368 valence electrons. The van der Waals surface area contributed by atoms with Crippen LogP contribution >= 0.6 is 0 Å². The number of fused-ring (bicyclic) bond motifs is 1. The van der Waals surface area contributed by atoms with Crippen molar-refractivity contribution in [2.24, 2.45) is 5.92 Å². The summed E-state index contributed by atoms with van der Waals surface area (Å²) in [6.07, 6.45) is 13.8. The van der Waals surface area contributed by atoms with Crippen LogP contribution in [0.25, 0.3) is 11.2 Å². The first kappa shape index (κ1) is 47.1. The highest BCUT2D eigenvalue weighted by atomic mass is 15.5. The fourth-order valence-electron chi connectivity index (χ4n) is 12.2. The molecule has 0 radical (unpaired) electrons. The lowest BCUT2D eigenvalue weighted by molar-refractivity contribution is 0.266. The highest BCUT2D eigenvalue weighted by Crippen LogP contribution is 2.45. The van der Waals surface area contributed by atoms with Gasteiger partial charge in [0.1, 0.15) is 22.4 Å². The summed E-state index contributed by atoms with van der Waals surface area (Å²) in [7, 11) is 0. The third-order valence-corrected chi connectivity index (χ3v) is 16.2. The summed E-state index contributed by atoms with van der Waals surface area (Å²) in [6, 6.07) is 78.4. The van der Waals surface area contributed by atoms with Crippen LogP contribution in [0.2, 0.25) is 0 Å².